The smallest absolute Gasteiger partial charge is 0.154 e. The molecule has 0 saturated carbocycles. The predicted molar refractivity (Wildman–Crippen MR) is 72.7 cm³/mol. The van der Waals surface area contributed by atoms with Crippen LogP contribution in [0.3, 0.4) is 0 Å². The number of hydrogen-bond donors (Lipinski definition) is 0. The van der Waals surface area contributed by atoms with Crippen LogP contribution in [0.5, 0.6) is 0 Å². The van der Waals surface area contributed by atoms with Gasteiger partial charge in [-0.15, -0.1) is 0 Å². The summed E-state index contributed by atoms with van der Waals surface area (Å²) in [7, 11) is -3.08. The largest absolute Gasteiger partial charge is 0.255 e. The third kappa shape index (κ3) is 2.50. The number of rotatable bonds is 2. The van der Waals surface area contributed by atoms with Crippen LogP contribution in [0.15, 0.2) is 34.9 Å². The van der Waals surface area contributed by atoms with Gasteiger partial charge in [-0.05, 0) is 46.6 Å². The van der Waals surface area contributed by atoms with E-state index in [1.54, 1.807) is 13.1 Å². The van der Waals surface area contributed by atoms with Crippen molar-refractivity contribution in [3.8, 4) is 0 Å². The second-order valence-corrected chi connectivity index (χ2v) is 7.27. The standard InChI is InChI=1S/C12H12BrNO2S/c1-8(17(2,15)16)10-6-9-4-3-5-14-12(9)11(13)7-10/h3-8H,1-2H3. The zero-order valence-electron chi connectivity index (χ0n) is 9.51. The number of halogens is 1. The topological polar surface area (TPSA) is 47.0 Å². The maximum atomic E-state index is 11.5. The summed E-state index contributed by atoms with van der Waals surface area (Å²) in [4.78, 5) is 4.25. The molecule has 17 heavy (non-hydrogen) atoms. The van der Waals surface area contributed by atoms with E-state index in [-0.39, 0.29) is 0 Å². The Hall–Kier alpha value is -0.940. The summed E-state index contributed by atoms with van der Waals surface area (Å²) in [6.07, 6.45) is 2.96. The van der Waals surface area contributed by atoms with Crippen LogP contribution in [0.25, 0.3) is 10.9 Å². The molecule has 2 rings (SSSR count). The fraction of sp³-hybridized carbons (Fsp3) is 0.250. The zero-order chi connectivity index (χ0) is 12.6. The summed E-state index contributed by atoms with van der Waals surface area (Å²) in [5.74, 6) is 0. The average molecular weight is 314 g/mol. The molecule has 0 fully saturated rings. The fourth-order valence-corrected chi connectivity index (χ4v) is 2.88. The number of fused-ring (bicyclic) bond motifs is 1. The minimum atomic E-state index is -3.08. The molecule has 3 nitrogen and oxygen atoms in total. The molecule has 0 spiro atoms. The molecule has 0 radical (unpaired) electrons. The molecule has 0 aliphatic rings. The van der Waals surface area contributed by atoms with E-state index in [2.05, 4.69) is 20.9 Å². The van der Waals surface area contributed by atoms with Gasteiger partial charge in [0.2, 0.25) is 0 Å². The van der Waals surface area contributed by atoms with Crippen molar-refractivity contribution in [3.05, 3.63) is 40.5 Å². The highest BCUT2D eigenvalue weighted by Gasteiger charge is 2.18. The first-order valence-electron chi connectivity index (χ1n) is 5.12. The van der Waals surface area contributed by atoms with E-state index in [1.165, 1.54) is 6.26 Å². The van der Waals surface area contributed by atoms with Gasteiger partial charge in [0, 0.05) is 22.3 Å². The summed E-state index contributed by atoms with van der Waals surface area (Å²) >= 11 is 3.43. The lowest BCUT2D eigenvalue weighted by Crippen LogP contribution is -2.07. The molecule has 90 valence electrons. The van der Waals surface area contributed by atoms with Crippen molar-refractivity contribution in [1.82, 2.24) is 4.98 Å². The molecule has 1 atom stereocenters. The normalized spacial score (nSPS) is 13.8. The molecule has 1 aromatic heterocycles. The minimum Gasteiger partial charge on any atom is -0.255 e. The maximum absolute atomic E-state index is 11.5. The van der Waals surface area contributed by atoms with Crippen molar-refractivity contribution in [3.63, 3.8) is 0 Å². The summed E-state index contributed by atoms with van der Waals surface area (Å²) in [6.45, 7) is 1.69. The summed E-state index contributed by atoms with van der Waals surface area (Å²) in [5, 5.41) is 0.427. The van der Waals surface area contributed by atoms with Crippen LogP contribution in [0, 0.1) is 0 Å². The Balaban J connectivity index is 2.66. The molecular formula is C12H12BrNO2S. The van der Waals surface area contributed by atoms with Gasteiger partial charge in [-0.1, -0.05) is 6.07 Å². The number of hydrogen-bond acceptors (Lipinski definition) is 3. The van der Waals surface area contributed by atoms with Gasteiger partial charge in [-0.25, -0.2) is 8.42 Å². The number of benzene rings is 1. The van der Waals surface area contributed by atoms with Crippen molar-refractivity contribution in [2.45, 2.75) is 12.2 Å². The van der Waals surface area contributed by atoms with Crippen LogP contribution in [-0.4, -0.2) is 19.7 Å². The SMILES string of the molecule is CC(c1cc(Br)c2ncccc2c1)S(C)(=O)=O. The summed E-state index contributed by atoms with van der Waals surface area (Å²) < 4.78 is 23.9. The molecule has 0 aliphatic carbocycles. The average Bonchev–Trinajstić information content (AvgIpc) is 2.27. The molecule has 5 heteroatoms. The molecule has 1 unspecified atom stereocenters. The van der Waals surface area contributed by atoms with Gasteiger partial charge >= 0.3 is 0 Å². The zero-order valence-corrected chi connectivity index (χ0v) is 11.9. The van der Waals surface area contributed by atoms with Crippen molar-refractivity contribution >= 4 is 36.7 Å². The molecule has 0 aliphatic heterocycles. The number of aromatic nitrogens is 1. The summed E-state index contributed by atoms with van der Waals surface area (Å²) in [5.41, 5.74) is 1.62. The monoisotopic (exact) mass is 313 g/mol. The van der Waals surface area contributed by atoms with Crippen LogP contribution >= 0.6 is 15.9 Å². The van der Waals surface area contributed by atoms with Gasteiger partial charge in [0.25, 0.3) is 0 Å². The summed E-state index contributed by atoms with van der Waals surface area (Å²) in [6, 6.07) is 7.45. The van der Waals surface area contributed by atoms with E-state index >= 15 is 0 Å². The molecule has 0 amide bonds. The second kappa shape index (κ2) is 4.38. The highest BCUT2D eigenvalue weighted by atomic mass is 79.9. The highest BCUT2D eigenvalue weighted by Crippen LogP contribution is 2.29. The first-order valence-corrected chi connectivity index (χ1v) is 7.87. The minimum absolute atomic E-state index is 0.511. The van der Waals surface area contributed by atoms with E-state index in [0.29, 0.717) is 0 Å². The van der Waals surface area contributed by atoms with Crippen LogP contribution in [0.2, 0.25) is 0 Å². The van der Waals surface area contributed by atoms with Crippen LogP contribution in [-0.2, 0) is 9.84 Å². The molecule has 1 heterocycles. The third-order valence-corrected chi connectivity index (χ3v) is 4.95. The highest BCUT2D eigenvalue weighted by molar-refractivity contribution is 9.10. The Morgan fingerprint density at radius 2 is 2.06 bits per heavy atom. The quantitative estimate of drug-likeness (QED) is 0.856. The lowest BCUT2D eigenvalue weighted by Gasteiger charge is -2.11. The van der Waals surface area contributed by atoms with E-state index in [9.17, 15) is 8.42 Å². The molecule has 1 aromatic carbocycles. The maximum Gasteiger partial charge on any atom is 0.154 e. The Morgan fingerprint density at radius 3 is 2.71 bits per heavy atom. The molecule has 0 N–H and O–H groups in total. The van der Waals surface area contributed by atoms with E-state index in [1.807, 2.05) is 24.3 Å². The van der Waals surface area contributed by atoms with E-state index in [4.69, 9.17) is 0 Å². The van der Waals surface area contributed by atoms with Crippen LogP contribution < -0.4 is 0 Å². The van der Waals surface area contributed by atoms with Crippen molar-refractivity contribution in [1.29, 1.82) is 0 Å². The molecule has 0 saturated heterocycles. The third-order valence-electron chi connectivity index (χ3n) is 2.79. The van der Waals surface area contributed by atoms with Gasteiger partial charge in [-0.2, -0.15) is 0 Å². The van der Waals surface area contributed by atoms with Crippen molar-refractivity contribution in [2.75, 3.05) is 6.26 Å². The molecule has 2 aromatic rings. The van der Waals surface area contributed by atoms with Crippen molar-refractivity contribution in [2.24, 2.45) is 0 Å². The number of nitrogens with zero attached hydrogens (tertiary/aromatic N) is 1. The van der Waals surface area contributed by atoms with E-state index < -0.39 is 15.1 Å². The predicted octanol–water partition coefficient (Wildman–Crippen LogP) is 3.10. The Morgan fingerprint density at radius 1 is 1.35 bits per heavy atom. The Labute approximate surface area is 109 Å². The Bertz CT molecular complexity index is 667. The van der Waals surface area contributed by atoms with Crippen LogP contribution in [0.1, 0.15) is 17.7 Å². The van der Waals surface area contributed by atoms with Crippen LogP contribution in [0.4, 0.5) is 0 Å². The van der Waals surface area contributed by atoms with Gasteiger partial charge in [0.1, 0.15) is 0 Å². The number of sulfone groups is 1. The lowest BCUT2D eigenvalue weighted by atomic mass is 10.1. The van der Waals surface area contributed by atoms with Gasteiger partial charge in [0.15, 0.2) is 9.84 Å². The van der Waals surface area contributed by atoms with Gasteiger partial charge in [-0.3, -0.25) is 4.98 Å². The molecular weight excluding hydrogens is 302 g/mol. The Kier molecular flexibility index (Phi) is 3.23. The first kappa shape index (κ1) is 12.5. The van der Waals surface area contributed by atoms with Crippen molar-refractivity contribution < 1.29 is 8.42 Å². The number of pyridine rings is 1. The first-order chi connectivity index (χ1) is 7.89. The fourth-order valence-electron chi connectivity index (χ4n) is 1.65. The van der Waals surface area contributed by atoms with E-state index in [0.717, 1.165) is 20.9 Å². The van der Waals surface area contributed by atoms with Gasteiger partial charge < -0.3 is 0 Å². The second-order valence-electron chi connectivity index (χ2n) is 4.05. The lowest BCUT2D eigenvalue weighted by molar-refractivity contribution is 0.592. The molecule has 0 bridgehead atoms. The van der Waals surface area contributed by atoms with Gasteiger partial charge in [0.05, 0.1) is 10.8 Å².